The van der Waals surface area contributed by atoms with Crippen molar-refractivity contribution in [3.63, 3.8) is 0 Å². The monoisotopic (exact) mass is 420 g/mol. The highest BCUT2D eigenvalue weighted by atomic mass is 79.9. The fraction of sp³-hybridized carbons (Fsp3) is 0.263. The van der Waals surface area contributed by atoms with Crippen molar-refractivity contribution in [1.82, 2.24) is 5.32 Å². The van der Waals surface area contributed by atoms with Gasteiger partial charge in [0.1, 0.15) is 5.75 Å². The average molecular weight is 421 g/mol. The van der Waals surface area contributed by atoms with Crippen LogP contribution >= 0.6 is 28.1 Å². The number of ether oxygens (including phenoxy) is 1. The number of anilines is 1. The second-order valence-electron chi connectivity index (χ2n) is 5.97. The summed E-state index contributed by atoms with van der Waals surface area (Å²) in [7, 11) is 0. The maximum atomic E-state index is 12.3. The van der Waals surface area contributed by atoms with E-state index in [1.54, 1.807) is 18.2 Å². The van der Waals surface area contributed by atoms with E-state index in [9.17, 15) is 4.79 Å². The van der Waals surface area contributed by atoms with Crippen molar-refractivity contribution in [2.75, 3.05) is 11.9 Å². The summed E-state index contributed by atoms with van der Waals surface area (Å²) in [5.41, 5.74) is 1.31. The molecular formula is C19H21BrN2O2S. The number of hydrogen-bond acceptors (Lipinski definition) is 3. The highest BCUT2D eigenvalue weighted by Crippen LogP contribution is 2.15. The Balaban J connectivity index is 1.91. The summed E-state index contributed by atoms with van der Waals surface area (Å²) < 4.78 is 6.66. The number of carbonyl (C=O) groups is 1. The lowest BCUT2D eigenvalue weighted by atomic mass is 10.1. The largest absolute Gasteiger partial charge is 0.494 e. The second kappa shape index (κ2) is 9.53. The third kappa shape index (κ3) is 6.84. The number of carbonyl (C=O) groups excluding carboxylic acids is 1. The first-order chi connectivity index (χ1) is 11.9. The lowest BCUT2D eigenvalue weighted by molar-refractivity contribution is 0.0977. The SMILES string of the molecule is CC(C)CCOc1cccc(C(=O)NC(=S)Nc2ccc(Br)cc2)c1. The third-order valence-corrected chi connectivity index (χ3v) is 4.12. The Hall–Kier alpha value is -1.92. The van der Waals surface area contributed by atoms with Crippen LogP contribution in [0.25, 0.3) is 0 Å². The Morgan fingerprint density at radius 3 is 2.60 bits per heavy atom. The molecule has 2 rings (SSSR count). The van der Waals surface area contributed by atoms with E-state index in [4.69, 9.17) is 17.0 Å². The summed E-state index contributed by atoms with van der Waals surface area (Å²) >= 11 is 8.56. The maximum absolute atomic E-state index is 12.3. The van der Waals surface area contributed by atoms with Crippen molar-refractivity contribution in [3.05, 3.63) is 58.6 Å². The molecule has 0 heterocycles. The molecule has 0 radical (unpaired) electrons. The maximum Gasteiger partial charge on any atom is 0.257 e. The fourth-order valence-corrected chi connectivity index (χ4v) is 2.49. The van der Waals surface area contributed by atoms with Gasteiger partial charge in [0.2, 0.25) is 0 Å². The molecule has 25 heavy (non-hydrogen) atoms. The number of nitrogens with one attached hydrogen (secondary N) is 2. The van der Waals surface area contributed by atoms with E-state index in [0.717, 1.165) is 16.6 Å². The first-order valence-corrected chi connectivity index (χ1v) is 9.25. The van der Waals surface area contributed by atoms with E-state index >= 15 is 0 Å². The summed E-state index contributed by atoms with van der Waals surface area (Å²) in [6, 6.07) is 14.6. The molecule has 0 unspecified atom stereocenters. The van der Waals surface area contributed by atoms with E-state index in [1.165, 1.54) is 0 Å². The predicted molar refractivity (Wildman–Crippen MR) is 109 cm³/mol. The van der Waals surface area contributed by atoms with Crippen LogP contribution in [0.4, 0.5) is 5.69 Å². The molecule has 1 amide bonds. The first kappa shape index (κ1) is 19.4. The molecule has 0 fully saturated rings. The molecular weight excluding hydrogens is 400 g/mol. The Morgan fingerprint density at radius 1 is 1.20 bits per heavy atom. The summed E-state index contributed by atoms with van der Waals surface area (Å²) in [6.07, 6.45) is 0.970. The molecule has 2 aromatic carbocycles. The van der Waals surface area contributed by atoms with Gasteiger partial charge in [-0.2, -0.15) is 0 Å². The molecule has 6 heteroatoms. The van der Waals surface area contributed by atoms with Gasteiger partial charge >= 0.3 is 0 Å². The first-order valence-electron chi connectivity index (χ1n) is 8.05. The Kier molecular flexibility index (Phi) is 7.40. The zero-order valence-electron chi connectivity index (χ0n) is 14.2. The molecule has 0 saturated heterocycles. The van der Waals surface area contributed by atoms with Gasteiger partial charge in [-0.25, -0.2) is 0 Å². The van der Waals surface area contributed by atoms with Crippen LogP contribution in [-0.4, -0.2) is 17.6 Å². The highest BCUT2D eigenvalue weighted by Gasteiger charge is 2.09. The van der Waals surface area contributed by atoms with E-state index < -0.39 is 0 Å². The molecule has 0 aliphatic carbocycles. The zero-order chi connectivity index (χ0) is 18.2. The van der Waals surface area contributed by atoms with Crippen LogP contribution in [0, 0.1) is 5.92 Å². The molecule has 0 aliphatic heterocycles. The van der Waals surface area contributed by atoms with Gasteiger partial charge in [0, 0.05) is 15.7 Å². The number of thiocarbonyl (C=S) groups is 1. The zero-order valence-corrected chi connectivity index (χ0v) is 16.6. The minimum absolute atomic E-state index is 0.249. The van der Waals surface area contributed by atoms with Crippen molar-refractivity contribution in [1.29, 1.82) is 0 Å². The summed E-state index contributed by atoms with van der Waals surface area (Å²) in [5.74, 6) is 0.984. The minimum atomic E-state index is -0.274. The van der Waals surface area contributed by atoms with Crippen molar-refractivity contribution in [2.45, 2.75) is 20.3 Å². The Morgan fingerprint density at radius 2 is 1.92 bits per heavy atom. The van der Waals surface area contributed by atoms with Crippen molar-refractivity contribution >= 4 is 44.9 Å². The van der Waals surface area contributed by atoms with Crippen LogP contribution in [0.5, 0.6) is 5.75 Å². The predicted octanol–water partition coefficient (Wildman–Crippen LogP) is 5.00. The lowest BCUT2D eigenvalue weighted by Crippen LogP contribution is -2.34. The molecule has 2 aromatic rings. The molecule has 0 bridgehead atoms. The van der Waals surface area contributed by atoms with Crippen molar-refractivity contribution in [3.8, 4) is 5.75 Å². The second-order valence-corrected chi connectivity index (χ2v) is 7.30. The summed E-state index contributed by atoms with van der Waals surface area (Å²) in [5, 5.41) is 5.90. The fourth-order valence-electron chi connectivity index (χ4n) is 2.01. The summed E-state index contributed by atoms with van der Waals surface area (Å²) in [4.78, 5) is 12.3. The van der Waals surface area contributed by atoms with Gasteiger partial charge in [0.15, 0.2) is 5.11 Å². The quantitative estimate of drug-likeness (QED) is 0.645. The molecule has 4 nitrogen and oxygen atoms in total. The van der Waals surface area contributed by atoms with Gasteiger partial charge < -0.3 is 10.1 Å². The van der Waals surface area contributed by atoms with Crippen LogP contribution < -0.4 is 15.4 Å². The van der Waals surface area contributed by atoms with Gasteiger partial charge in [-0.05, 0) is 67.0 Å². The molecule has 0 saturated carbocycles. The number of rotatable bonds is 6. The summed E-state index contributed by atoms with van der Waals surface area (Å²) in [6.45, 7) is 4.92. The van der Waals surface area contributed by atoms with E-state index in [0.29, 0.717) is 23.8 Å². The number of halogens is 1. The molecule has 2 N–H and O–H groups in total. The van der Waals surface area contributed by atoms with Crippen molar-refractivity contribution in [2.24, 2.45) is 5.92 Å². The van der Waals surface area contributed by atoms with Crippen LogP contribution in [0.1, 0.15) is 30.6 Å². The molecule has 0 aliphatic rings. The normalized spacial score (nSPS) is 10.4. The molecule has 0 spiro atoms. The van der Waals surface area contributed by atoms with Crippen LogP contribution in [0.2, 0.25) is 0 Å². The topological polar surface area (TPSA) is 50.4 Å². The van der Waals surface area contributed by atoms with Gasteiger partial charge in [-0.1, -0.05) is 35.8 Å². The smallest absolute Gasteiger partial charge is 0.257 e. The molecule has 0 aromatic heterocycles. The van der Waals surface area contributed by atoms with Crippen LogP contribution in [-0.2, 0) is 0 Å². The van der Waals surface area contributed by atoms with Crippen LogP contribution in [0.15, 0.2) is 53.0 Å². The standard InChI is InChI=1S/C19H21BrN2O2S/c1-13(2)10-11-24-17-5-3-4-14(12-17)18(23)22-19(25)21-16-8-6-15(20)7-9-16/h3-9,12-13H,10-11H2,1-2H3,(H2,21,22,23,25). The average Bonchev–Trinajstić information content (AvgIpc) is 2.57. The van der Waals surface area contributed by atoms with Crippen molar-refractivity contribution < 1.29 is 9.53 Å². The van der Waals surface area contributed by atoms with Gasteiger partial charge in [0.05, 0.1) is 6.61 Å². The highest BCUT2D eigenvalue weighted by molar-refractivity contribution is 9.10. The van der Waals surface area contributed by atoms with Crippen LogP contribution in [0.3, 0.4) is 0 Å². The minimum Gasteiger partial charge on any atom is -0.494 e. The van der Waals surface area contributed by atoms with Gasteiger partial charge in [-0.3, -0.25) is 10.1 Å². The van der Waals surface area contributed by atoms with Gasteiger partial charge in [-0.15, -0.1) is 0 Å². The number of amides is 1. The number of benzene rings is 2. The number of hydrogen-bond donors (Lipinski definition) is 2. The Labute approximate surface area is 162 Å². The van der Waals surface area contributed by atoms with Gasteiger partial charge in [0.25, 0.3) is 5.91 Å². The molecule has 0 atom stereocenters. The van der Waals surface area contributed by atoms with E-state index in [-0.39, 0.29) is 11.0 Å². The van der Waals surface area contributed by atoms with E-state index in [2.05, 4.69) is 40.4 Å². The van der Waals surface area contributed by atoms with E-state index in [1.807, 2.05) is 30.3 Å². The third-order valence-electron chi connectivity index (χ3n) is 3.39. The molecule has 132 valence electrons. The lowest BCUT2D eigenvalue weighted by Gasteiger charge is -2.11. The Bertz CT molecular complexity index is 732.